The number of hydrogen-bond donors (Lipinski definition) is 0. The van der Waals surface area contributed by atoms with E-state index in [1.54, 1.807) is 12.4 Å². The monoisotopic (exact) mass is 333 g/mol. The summed E-state index contributed by atoms with van der Waals surface area (Å²) in [5, 5.41) is 5.46. The molecule has 6 rings (SSSR count). The minimum atomic E-state index is 0.547. The lowest BCUT2D eigenvalue weighted by Crippen LogP contribution is -1.95. The summed E-state index contributed by atoms with van der Waals surface area (Å²) in [4.78, 5) is 22.9. The van der Waals surface area contributed by atoms with Crippen molar-refractivity contribution in [2.75, 3.05) is 0 Å². The van der Waals surface area contributed by atoms with E-state index in [2.05, 4.69) is 45.3 Å². The number of hydrogen-bond acceptors (Lipinski definition) is 5. The molecule has 3 aromatic heterocycles. The second-order valence-corrected chi connectivity index (χ2v) is 6.23. The second kappa shape index (κ2) is 4.89. The zero-order valence-electron chi connectivity index (χ0n) is 13.6. The third-order valence-corrected chi connectivity index (χ3v) is 4.80. The summed E-state index contributed by atoms with van der Waals surface area (Å²) in [5.41, 5.74) is 3.68. The topological polar surface area (TPSA) is 64.5 Å². The standard InChI is InChI=1S/C21H11N5/c1-2-5-13-12(4-1)7-8-14-16(13)17-15(6-3-9-22-17)19-18(14)25-20-21(26-19)24-11-10-23-20/h1-11H. The Balaban J connectivity index is 2.00. The number of pyridine rings is 1. The molecule has 0 aliphatic rings. The molecule has 5 nitrogen and oxygen atoms in total. The zero-order valence-corrected chi connectivity index (χ0v) is 13.6. The van der Waals surface area contributed by atoms with Gasteiger partial charge in [-0.25, -0.2) is 19.9 Å². The molecule has 0 radical (unpaired) electrons. The van der Waals surface area contributed by atoms with Gasteiger partial charge in [0.05, 0.1) is 5.52 Å². The fraction of sp³-hybridized carbons (Fsp3) is 0. The van der Waals surface area contributed by atoms with Gasteiger partial charge in [0.25, 0.3) is 0 Å². The first kappa shape index (κ1) is 13.5. The molecule has 0 fully saturated rings. The first-order chi connectivity index (χ1) is 12.9. The lowest BCUT2D eigenvalue weighted by molar-refractivity contribution is 1.20. The van der Waals surface area contributed by atoms with E-state index in [0.717, 1.165) is 38.1 Å². The molecule has 120 valence electrons. The minimum Gasteiger partial charge on any atom is -0.256 e. The normalized spacial score (nSPS) is 11.8. The van der Waals surface area contributed by atoms with Crippen molar-refractivity contribution in [1.82, 2.24) is 24.9 Å². The van der Waals surface area contributed by atoms with Crippen LogP contribution >= 0.6 is 0 Å². The van der Waals surface area contributed by atoms with Crippen LogP contribution in [0.25, 0.3) is 54.8 Å². The Morgan fingerprint density at radius 3 is 2.08 bits per heavy atom. The molecule has 5 heteroatoms. The highest BCUT2D eigenvalue weighted by Gasteiger charge is 2.15. The van der Waals surface area contributed by atoms with Gasteiger partial charge in [-0.2, -0.15) is 0 Å². The molecule has 3 heterocycles. The molecule has 6 aromatic rings. The van der Waals surface area contributed by atoms with Crippen molar-refractivity contribution in [2.45, 2.75) is 0 Å². The minimum absolute atomic E-state index is 0.547. The number of nitrogens with zero attached hydrogens (tertiary/aromatic N) is 5. The summed E-state index contributed by atoms with van der Waals surface area (Å²) < 4.78 is 0. The van der Waals surface area contributed by atoms with Crippen molar-refractivity contribution >= 4 is 54.8 Å². The van der Waals surface area contributed by atoms with Gasteiger partial charge in [0.2, 0.25) is 0 Å². The molecule has 0 bridgehead atoms. The van der Waals surface area contributed by atoms with E-state index in [0.29, 0.717) is 11.3 Å². The fourth-order valence-corrected chi connectivity index (χ4v) is 3.69. The van der Waals surface area contributed by atoms with Gasteiger partial charge in [-0.3, -0.25) is 4.98 Å². The van der Waals surface area contributed by atoms with Gasteiger partial charge < -0.3 is 0 Å². The number of rotatable bonds is 0. The van der Waals surface area contributed by atoms with Gasteiger partial charge in [-0.05, 0) is 22.9 Å². The van der Waals surface area contributed by atoms with Gasteiger partial charge in [-0.1, -0.05) is 36.4 Å². The van der Waals surface area contributed by atoms with E-state index in [1.165, 1.54) is 5.39 Å². The van der Waals surface area contributed by atoms with Crippen molar-refractivity contribution in [2.24, 2.45) is 0 Å². The predicted molar refractivity (Wildman–Crippen MR) is 103 cm³/mol. The van der Waals surface area contributed by atoms with Crippen molar-refractivity contribution in [3.63, 3.8) is 0 Å². The van der Waals surface area contributed by atoms with Gasteiger partial charge in [0, 0.05) is 34.7 Å². The van der Waals surface area contributed by atoms with Crippen molar-refractivity contribution < 1.29 is 0 Å². The lowest BCUT2D eigenvalue weighted by atomic mass is 9.97. The molecule has 26 heavy (non-hydrogen) atoms. The quantitative estimate of drug-likeness (QED) is 0.304. The Labute approximate surface area is 147 Å². The van der Waals surface area contributed by atoms with E-state index in [-0.39, 0.29) is 0 Å². The molecule has 0 saturated heterocycles. The van der Waals surface area contributed by atoms with Gasteiger partial charge >= 0.3 is 0 Å². The summed E-state index contributed by atoms with van der Waals surface area (Å²) in [6.07, 6.45) is 5.10. The van der Waals surface area contributed by atoms with Crippen LogP contribution in [-0.4, -0.2) is 24.9 Å². The highest BCUT2D eigenvalue weighted by Crippen LogP contribution is 2.36. The van der Waals surface area contributed by atoms with Crippen LogP contribution in [-0.2, 0) is 0 Å². The summed E-state index contributed by atoms with van der Waals surface area (Å²) in [5.74, 6) is 0. The number of fused-ring (bicyclic) bond motifs is 9. The van der Waals surface area contributed by atoms with E-state index in [1.807, 2.05) is 24.4 Å². The zero-order chi connectivity index (χ0) is 17.1. The molecular weight excluding hydrogens is 322 g/mol. The van der Waals surface area contributed by atoms with Crippen LogP contribution in [0, 0.1) is 0 Å². The maximum Gasteiger partial charge on any atom is 0.198 e. The van der Waals surface area contributed by atoms with Gasteiger partial charge in [0.15, 0.2) is 11.3 Å². The average molecular weight is 333 g/mol. The van der Waals surface area contributed by atoms with Crippen LogP contribution in [0.3, 0.4) is 0 Å². The van der Waals surface area contributed by atoms with Crippen LogP contribution in [0.1, 0.15) is 0 Å². The Morgan fingerprint density at radius 2 is 1.23 bits per heavy atom. The van der Waals surface area contributed by atoms with Crippen LogP contribution in [0.2, 0.25) is 0 Å². The molecule has 0 saturated carbocycles. The molecule has 3 aromatic carbocycles. The fourth-order valence-electron chi connectivity index (χ4n) is 3.69. The number of aromatic nitrogens is 5. The summed E-state index contributed by atoms with van der Waals surface area (Å²) >= 11 is 0. The summed E-state index contributed by atoms with van der Waals surface area (Å²) in [6.45, 7) is 0. The van der Waals surface area contributed by atoms with Crippen LogP contribution in [0.4, 0.5) is 0 Å². The molecule has 0 aliphatic carbocycles. The van der Waals surface area contributed by atoms with E-state index in [4.69, 9.17) is 9.97 Å². The van der Waals surface area contributed by atoms with Crippen molar-refractivity contribution in [3.05, 3.63) is 67.1 Å². The molecule has 0 aliphatic heterocycles. The maximum atomic E-state index is 4.80. The smallest absolute Gasteiger partial charge is 0.198 e. The van der Waals surface area contributed by atoms with Crippen molar-refractivity contribution in [3.8, 4) is 0 Å². The highest BCUT2D eigenvalue weighted by atomic mass is 15.0. The first-order valence-corrected chi connectivity index (χ1v) is 8.37. The Hall–Kier alpha value is -3.73. The van der Waals surface area contributed by atoms with Gasteiger partial charge in [-0.15, -0.1) is 0 Å². The van der Waals surface area contributed by atoms with Gasteiger partial charge in [0.1, 0.15) is 11.0 Å². The van der Waals surface area contributed by atoms with E-state index >= 15 is 0 Å². The third kappa shape index (κ3) is 1.71. The lowest BCUT2D eigenvalue weighted by Gasteiger charge is -2.11. The Morgan fingerprint density at radius 1 is 0.500 bits per heavy atom. The molecular formula is C21H11N5. The third-order valence-electron chi connectivity index (χ3n) is 4.80. The van der Waals surface area contributed by atoms with Crippen molar-refractivity contribution in [1.29, 1.82) is 0 Å². The molecule has 0 unspecified atom stereocenters. The van der Waals surface area contributed by atoms with Crippen LogP contribution in [0.5, 0.6) is 0 Å². The SMILES string of the molecule is c1ccc2c(c1)ccc1c3nc4nccnc4nc3c3cccnc3c21. The Bertz CT molecular complexity index is 1480. The highest BCUT2D eigenvalue weighted by molar-refractivity contribution is 6.29. The van der Waals surface area contributed by atoms with Crippen LogP contribution < -0.4 is 0 Å². The average Bonchev–Trinajstić information content (AvgIpc) is 2.72. The predicted octanol–water partition coefficient (Wildman–Crippen LogP) is 4.43. The molecule has 0 atom stereocenters. The molecule has 0 spiro atoms. The number of benzene rings is 3. The van der Waals surface area contributed by atoms with Crippen LogP contribution in [0.15, 0.2) is 67.1 Å². The second-order valence-electron chi connectivity index (χ2n) is 6.23. The first-order valence-electron chi connectivity index (χ1n) is 8.37. The molecule has 0 N–H and O–H groups in total. The molecule has 0 amide bonds. The van der Waals surface area contributed by atoms with E-state index < -0.39 is 0 Å². The summed E-state index contributed by atoms with van der Waals surface area (Å²) in [6, 6.07) is 16.5. The Kier molecular flexibility index (Phi) is 2.55. The summed E-state index contributed by atoms with van der Waals surface area (Å²) in [7, 11) is 0. The van der Waals surface area contributed by atoms with E-state index in [9.17, 15) is 0 Å². The largest absolute Gasteiger partial charge is 0.256 e. The maximum absolute atomic E-state index is 4.80.